The first-order chi connectivity index (χ1) is 44.5. The molecular weight excluding hydrogens is 1270 g/mol. The molecule has 0 radical (unpaired) electrons. The minimum Gasteiger partial charge on any atom is -0.394 e. The molecule has 2 saturated carbocycles. The van der Waals surface area contributed by atoms with E-state index in [0.717, 1.165) is 0 Å². The Bertz CT molecular complexity index is 2540. The fourth-order valence-corrected chi connectivity index (χ4v) is 17.5. The molecule has 8 rings (SSSR count). The van der Waals surface area contributed by atoms with Gasteiger partial charge in [-0.05, 0) is 122 Å². The first-order valence-corrected chi connectivity index (χ1v) is 34.4. The molecule has 0 bridgehead atoms. The van der Waals surface area contributed by atoms with Gasteiger partial charge in [-0.25, -0.2) is 0 Å². The molecular formula is C67H118O29. The molecule has 3 aliphatic carbocycles. The summed E-state index contributed by atoms with van der Waals surface area (Å²) in [4.78, 5) is 0. The smallest absolute Gasteiger partial charge is 0.195 e. The highest BCUT2D eigenvalue weighted by atomic mass is 16.7. The maximum Gasteiger partial charge on any atom is 0.195 e. The Morgan fingerprint density at radius 1 is 0.531 bits per heavy atom. The van der Waals surface area contributed by atoms with Crippen molar-refractivity contribution in [1.29, 1.82) is 0 Å². The lowest BCUT2D eigenvalue weighted by molar-refractivity contribution is -0.402. The van der Waals surface area contributed by atoms with E-state index in [9.17, 15) is 97.0 Å². The second kappa shape index (κ2) is 30.3. The molecule has 0 aromatic heterocycles. The predicted octanol–water partition coefficient (Wildman–Crippen LogP) is -3.82. The minimum absolute atomic E-state index is 0.00491. The van der Waals surface area contributed by atoms with Crippen LogP contribution < -0.4 is 0 Å². The third-order valence-corrected chi connectivity index (χ3v) is 24.3. The average Bonchev–Trinajstić information content (AvgIpc) is 0.712. The van der Waals surface area contributed by atoms with Crippen LogP contribution in [-0.4, -0.2) is 331 Å². The highest BCUT2D eigenvalue weighted by Crippen LogP contribution is 2.64. The van der Waals surface area contributed by atoms with Crippen molar-refractivity contribution in [2.75, 3.05) is 59.5 Å². The van der Waals surface area contributed by atoms with Gasteiger partial charge in [0, 0.05) is 10.8 Å². The molecule has 29 nitrogen and oxygen atoms in total. The van der Waals surface area contributed by atoms with Gasteiger partial charge in [0.1, 0.15) is 144 Å². The lowest BCUT2D eigenvalue weighted by Crippen LogP contribution is -2.72. The van der Waals surface area contributed by atoms with Crippen molar-refractivity contribution in [2.24, 2.45) is 46.3 Å². The summed E-state index contributed by atoms with van der Waals surface area (Å²) in [6.45, 7) is 18.9. The number of ether oxygens (including phenoxy) is 10. The molecule has 0 aromatic rings. The number of aliphatic hydroxyl groups is 19. The van der Waals surface area contributed by atoms with Crippen LogP contribution in [0.4, 0.5) is 0 Å². The second-order valence-corrected chi connectivity index (χ2v) is 32.0. The van der Waals surface area contributed by atoms with Crippen LogP contribution in [0.2, 0.25) is 0 Å². The fraction of sp³-hybridized carbons (Fsp3) is 0.970. The normalized spacial score (nSPS) is 50.2. The van der Waals surface area contributed by atoms with Gasteiger partial charge in [0.25, 0.3) is 0 Å². The minimum atomic E-state index is -2.25. The summed E-state index contributed by atoms with van der Waals surface area (Å²) in [5.41, 5.74) is -7.99. The topological polar surface area (TPSA) is 477 Å². The average molecular weight is 1390 g/mol. The van der Waals surface area contributed by atoms with Gasteiger partial charge in [-0.2, -0.15) is 0 Å². The Balaban J connectivity index is 0.914. The van der Waals surface area contributed by atoms with E-state index in [2.05, 4.69) is 47.6 Å². The lowest BCUT2D eigenvalue weighted by Gasteiger charge is -2.62. The molecule has 5 saturated heterocycles. The van der Waals surface area contributed by atoms with Gasteiger partial charge < -0.3 is 144 Å². The first-order valence-electron chi connectivity index (χ1n) is 34.4. The zero-order chi connectivity index (χ0) is 71.7. The standard InChI is InChI=1S/C67H118O29/c1-30(14-18-44(61(6,7)86)90-29-65(11)59(96-67(13)58(85)53(80)47(74)39(23-70)95-67)54(81)49(76)41(94-65)25-88-27-63(9)56(83)51(78)46(73)38(22-69)92-63)31(2)33-20-42(71)66(12)34(32(33)3)15-16-35-36(66)17-19-43(60(35,4)5)89-28-64(10)57(84)52(79)48(75)40(93-64)24-87-26-62(8)55(82)50(77)45(72)37(21-68)91-62/h16,30-34,36-59,68-86H,14-15,17-29H2,1-13H3/t30?,31-,32-,33?,34?,36-,37?,38?,39?,40?,41?,42+,43?,44?,45+,46-,47-,48+,49-,50?,51?,52?,53?,54?,55?,56?,57?,58?,59?,62?,63?,64?,65+,66-,67?/m0/s1. The Morgan fingerprint density at radius 2 is 0.969 bits per heavy atom. The molecule has 29 heteroatoms. The molecule has 560 valence electrons. The third-order valence-electron chi connectivity index (χ3n) is 24.3. The molecule has 0 amide bonds. The molecule has 7 fully saturated rings. The van der Waals surface area contributed by atoms with Gasteiger partial charge >= 0.3 is 0 Å². The molecule has 5 heterocycles. The van der Waals surface area contributed by atoms with Crippen LogP contribution in [0.25, 0.3) is 0 Å². The number of hydrogen-bond acceptors (Lipinski definition) is 29. The maximum atomic E-state index is 12.6. The van der Waals surface area contributed by atoms with Gasteiger partial charge in [0.15, 0.2) is 5.79 Å². The Morgan fingerprint density at radius 3 is 1.46 bits per heavy atom. The number of fused-ring (bicyclic) bond motifs is 3. The molecule has 0 spiro atoms. The van der Waals surface area contributed by atoms with Gasteiger partial charge in [0.2, 0.25) is 0 Å². The van der Waals surface area contributed by atoms with Gasteiger partial charge in [0.05, 0.1) is 83.4 Å². The van der Waals surface area contributed by atoms with Crippen molar-refractivity contribution in [1.82, 2.24) is 0 Å². The zero-order valence-electron chi connectivity index (χ0n) is 58.0. The first kappa shape index (κ1) is 80.3. The van der Waals surface area contributed by atoms with Gasteiger partial charge in [-0.1, -0.05) is 53.2 Å². The summed E-state index contributed by atoms with van der Waals surface area (Å²) < 4.78 is 61.6. The molecule has 24 unspecified atom stereocenters. The van der Waals surface area contributed by atoms with Crippen LogP contribution in [0.15, 0.2) is 11.6 Å². The van der Waals surface area contributed by atoms with Crippen molar-refractivity contribution < 1.29 is 144 Å². The van der Waals surface area contributed by atoms with E-state index >= 15 is 0 Å². The maximum absolute atomic E-state index is 12.6. The van der Waals surface area contributed by atoms with Crippen LogP contribution in [-0.2, 0) is 47.4 Å². The number of allylic oxidation sites excluding steroid dienone is 1. The highest BCUT2D eigenvalue weighted by Gasteiger charge is 2.63. The SMILES string of the molecule is CC(CCC(OC[C@@]1(C)OC(COCC2(C)OC(CO)[C@H](O)C(O)C2O)[C@H](O)C(O)C1OC1(C)OC(CO)[C@H](O)C(O)C1O)C(C)(C)O)[C@H](C)C1C[C@@H](O)[C@@]2(C)C(CC=C3[C@@H]2CCC(OCC2(C)OC(COCC4(C)OC(CO)[C@@H](O)C(O)C4O)[C@@H](O)C(O)C2O)C3(C)C)[C@H]1C. The highest BCUT2D eigenvalue weighted by molar-refractivity contribution is 5.29. The fourth-order valence-electron chi connectivity index (χ4n) is 17.5. The van der Waals surface area contributed by atoms with E-state index in [0.29, 0.717) is 38.5 Å². The number of rotatable bonds is 25. The van der Waals surface area contributed by atoms with Crippen molar-refractivity contribution in [3.8, 4) is 0 Å². The molecule has 0 aromatic carbocycles. The van der Waals surface area contributed by atoms with E-state index in [-0.39, 0.29) is 61.4 Å². The third kappa shape index (κ3) is 15.3. The number of aliphatic hydroxyl groups excluding tert-OH is 18. The van der Waals surface area contributed by atoms with Crippen molar-refractivity contribution in [3.63, 3.8) is 0 Å². The summed E-state index contributed by atoms with van der Waals surface area (Å²) in [5.74, 6) is -1.79. The molecule has 35 atom stereocenters. The van der Waals surface area contributed by atoms with E-state index in [4.69, 9.17) is 47.4 Å². The van der Waals surface area contributed by atoms with Crippen molar-refractivity contribution in [3.05, 3.63) is 11.6 Å². The van der Waals surface area contributed by atoms with Crippen LogP contribution in [0, 0.1) is 46.3 Å². The van der Waals surface area contributed by atoms with Crippen LogP contribution in [0.3, 0.4) is 0 Å². The van der Waals surface area contributed by atoms with E-state index in [1.165, 1.54) is 33.3 Å². The monoisotopic (exact) mass is 1390 g/mol. The van der Waals surface area contributed by atoms with Crippen molar-refractivity contribution >= 4 is 0 Å². The predicted molar refractivity (Wildman–Crippen MR) is 336 cm³/mol. The molecule has 8 aliphatic rings. The van der Waals surface area contributed by atoms with Gasteiger partial charge in [-0.3, -0.25) is 0 Å². The van der Waals surface area contributed by atoms with Crippen LogP contribution in [0.5, 0.6) is 0 Å². The summed E-state index contributed by atoms with van der Waals surface area (Å²) in [7, 11) is 0. The Hall–Kier alpha value is -1.42. The molecule has 96 heavy (non-hydrogen) atoms. The zero-order valence-corrected chi connectivity index (χ0v) is 58.0. The largest absolute Gasteiger partial charge is 0.394 e. The summed E-state index contributed by atoms with van der Waals surface area (Å²) >= 11 is 0. The summed E-state index contributed by atoms with van der Waals surface area (Å²) in [6.07, 6.45) is -28.3. The van der Waals surface area contributed by atoms with E-state index in [1.54, 1.807) is 20.8 Å². The Labute approximate surface area is 562 Å². The molecule has 19 N–H and O–H groups in total. The van der Waals surface area contributed by atoms with E-state index in [1.807, 2.05) is 0 Å². The molecule has 5 aliphatic heterocycles. The summed E-state index contributed by atoms with van der Waals surface area (Å²) in [5, 5.41) is 207. The van der Waals surface area contributed by atoms with Crippen LogP contribution >= 0.6 is 0 Å². The Kier molecular flexibility index (Phi) is 25.4. The quantitative estimate of drug-likeness (QED) is 0.0390. The van der Waals surface area contributed by atoms with Gasteiger partial charge in [-0.15, -0.1) is 0 Å². The second-order valence-electron chi connectivity index (χ2n) is 32.0. The number of hydrogen-bond donors (Lipinski definition) is 19. The van der Waals surface area contributed by atoms with E-state index < -0.39 is 219 Å². The van der Waals surface area contributed by atoms with Crippen molar-refractivity contribution in [2.45, 2.75) is 303 Å². The van der Waals surface area contributed by atoms with Crippen LogP contribution in [0.1, 0.15) is 129 Å². The summed E-state index contributed by atoms with van der Waals surface area (Å²) in [6, 6.07) is 0. The lowest BCUT2D eigenvalue weighted by atomic mass is 9.44.